The lowest BCUT2D eigenvalue weighted by molar-refractivity contribution is -0.136. The Morgan fingerprint density at radius 2 is 2.19 bits per heavy atom. The number of hydrogen-bond donors (Lipinski definition) is 1. The normalized spacial score (nSPS) is 10.8. The van der Waals surface area contributed by atoms with Crippen LogP contribution in [0.2, 0.25) is 0 Å². The van der Waals surface area contributed by atoms with E-state index in [0.29, 0.717) is 0 Å². The van der Waals surface area contributed by atoms with Gasteiger partial charge in [0.1, 0.15) is 5.82 Å². The summed E-state index contributed by atoms with van der Waals surface area (Å²) in [6, 6.07) is 0. The summed E-state index contributed by atoms with van der Waals surface area (Å²) in [4.78, 5) is 13.9. The smallest absolute Gasteiger partial charge is 0.307 e. The van der Waals surface area contributed by atoms with Crippen molar-refractivity contribution in [2.24, 2.45) is 0 Å². The van der Waals surface area contributed by atoms with Gasteiger partial charge in [0.15, 0.2) is 0 Å². The van der Waals surface area contributed by atoms with Crippen molar-refractivity contribution in [3.63, 3.8) is 0 Å². The van der Waals surface area contributed by atoms with Gasteiger partial charge in [0.25, 0.3) is 6.43 Å². The van der Waals surface area contributed by atoms with Crippen molar-refractivity contribution in [3.8, 4) is 0 Å². The molecule has 0 aliphatic carbocycles. The van der Waals surface area contributed by atoms with Crippen LogP contribution < -0.4 is 0 Å². The maximum Gasteiger partial charge on any atom is 0.307 e. The molecule has 7 heteroatoms. The van der Waals surface area contributed by atoms with E-state index < -0.39 is 30.2 Å². The number of hydrogen-bond acceptors (Lipinski definition) is 2. The molecule has 0 aliphatic rings. The Labute approximate surface area is 93.9 Å². The van der Waals surface area contributed by atoms with Crippen molar-refractivity contribution in [2.45, 2.75) is 18.7 Å². The highest BCUT2D eigenvalue weighted by Gasteiger charge is 2.22. The molecule has 0 bridgehead atoms. The van der Waals surface area contributed by atoms with Crippen molar-refractivity contribution in [2.75, 3.05) is 0 Å². The number of pyridine rings is 1. The van der Waals surface area contributed by atoms with Crippen molar-refractivity contribution < 1.29 is 23.1 Å². The summed E-state index contributed by atoms with van der Waals surface area (Å²) in [6.45, 7) is 0. The Morgan fingerprint density at radius 3 is 2.62 bits per heavy atom. The molecule has 0 radical (unpaired) electrons. The quantitative estimate of drug-likeness (QED) is 0.839. The number of rotatable bonds is 4. The number of carboxylic acids is 1. The van der Waals surface area contributed by atoms with E-state index in [2.05, 4.69) is 4.98 Å². The molecule has 88 valence electrons. The molecule has 0 saturated carbocycles. The zero-order chi connectivity index (χ0) is 12.3. The molecule has 1 aromatic rings. The number of aliphatic carboxylic acids is 1. The average molecular weight is 254 g/mol. The number of alkyl halides is 3. The first-order valence-electron chi connectivity index (χ1n) is 4.19. The van der Waals surface area contributed by atoms with Gasteiger partial charge in [0, 0.05) is 11.8 Å². The van der Waals surface area contributed by atoms with Gasteiger partial charge in [-0.05, 0) is 0 Å². The van der Waals surface area contributed by atoms with Crippen LogP contribution in [0.25, 0.3) is 0 Å². The molecule has 0 unspecified atom stereocenters. The minimum absolute atomic E-state index is 0.275. The molecular weight excluding hydrogens is 247 g/mol. The first kappa shape index (κ1) is 12.8. The van der Waals surface area contributed by atoms with Crippen LogP contribution in [0.5, 0.6) is 0 Å². The fraction of sp³-hybridized carbons (Fsp3) is 0.333. The van der Waals surface area contributed by atoms with E-state index in [4.69, 9.17) is 16.7 Å². The molecule has 0 saturated heterocycles. The molecule has 0 aliphatic heterocycles. The maximum absolute atomic E-state index is 13.5. The molecule has 0 spiro atoms. The largest absolute Gasteiger partial charge is 0.481 e. The lowest BCUT2D eigenvalue weighted by atomic mass is 10.1. The Hall–Kier alpha value is -1.30. The van der Waals surface area contributed by atoms with Gasteiger partial charge < -0.3 is 5.11 Å². The van der Waals surface area contributed by atoms with Crippen LogP contribution in [-0.2, 0) is 17.1 Å². The molecular formula is C9H7ClF3NO2. The highest BCUT2D eigenvalue weighted by molar-refractivity contribution is 6.17. The minimum Gasteiger partial charge on any atom is -0.481 e. The highest BCUT2D eigenvalue weighted by atomic mass is 35.5. The standard InChI is InChI=1S/C9H7ClF3NO2/c10-2-5-7(9(12)13)8(11)4(3-14-5)1-6(15)16/h3,9H,1-2H2,(H,15,16). The Bertz CT molecular complexity index is 412. The van der Waals surface area contributed by atoms with E-state index in [1.807, 2.05) is 0 Å². The number of aromatic nitrogens is 1. The van der Waals surface area contributed by atoms with Gasteiger partial charge in [-0.1, -0.05) is 0 Å². The van der Waals surface area contributed by atoms with E-state index in [1.54, 1.807) is 0 Å². The molecule has 1 aromatic heterocycles. The Morgan fingerprint density at radius 1 is 1.56 bits per heavy atom. The van der Waals surface area contributed by atoms with E-state index in [0.717, 1.165) is 6.20 Å². The van der Waals surface area contributed by atoms with Gasteiger partial charge >= 0.3 is 5.97 Å². The lowest BCUT2D eigenvalue weighted by Crippen LogP contribution is -2.09. The monoisotopic (exact) mass is 253 g/mol. The zero-order valence-electron chi connectivity index (χ0n) is 7.88. The van der Waals surface area contributed by atoms with Crippen molar-refractivity contribution in [1.82, 2.24) is 4.98 Å². The Balaban J connectivity index is 3.26. The van der Waals surface area contributed by atoms with Crippen molar-refractivity contribution in [1.29, 1.82) is 0 Å². The van der Waals surface area contributed by atoms with Gasteiger partial charge in [0.05, 0.1) is 23.6 Å². The molecule has 1 rings (SSSR count). The molecule has 1 heterocycles. The average Bonchev–Trinajstić information content (AvgIpc) is 2.19. The van der Waals surface area contributed by atoms with Crippen LogP contribution in [0.3, 0.4) is 0 Å². The third kappa shape index (κ3) is 2.63. The van der Waals surface area contributed by atoms with Gasteiger partial charge in [-0.15, -0.1) is 11.6 Å². The molecule has 0 aromatic carbocycles. The van der Waals surface area contributed by atoms with Crippen LogP contribution in [-0.4, -0.2) is 16.1 Å². The second-order valence-corrected chi connectivity index (χ2v) is 3.23. The van der Waals surface area contributed by atoms with E-state index in [-0.39, 0.29) is 17.1 Å². The van der Waals surface area contributed by atoms with Gasteiger partial charge in [-0.2, -0.15) is 0 Å². The molecule has 0 amide bonds. The Kier molecular flexibility index (Phi) is 4.12. The van der Waals surface area contributed by atoms with Crippen LogP contribution in [0, 0.1) is 5.82 Å². The van der Waals surface area contributed by atoms with Crippen LogP contribution >= 0.6 is 11.6 Å². The number of carbonyl (C=O) groups is 1. The second kappa shape index (κ2) is 5.16. The topological polar surface area (TPSA) is 50.2 Å². The summed E-state index contributed by atoms with van der Waals surface area (Å²) in [5.41, 5.74) is -1.58. The predicted molar refractivity (Wildman–Crippen MR) is 50.0 cm³/mol. The minimum atomic E-state index is -3.07. The van der Waals surface area contributed by atoms with Crippen LogP contribution in [0.15, 0.2) is 6.20 Å². The third-order valence-corrected chi connectivity index (χ3v) is 2.15. The SMILES string of the molecule is O=C(O)Cc1cnc(CCl)c(C(F)F)c1F. The fourth-order valence-electron chi connectivity index (χ4n) is 1.20. The number of carboxylic acid groups (broad SMARTS) is 1. The molecule has 0 fully saturated rings. The first-order valence-corrected chi connectivity index (χ1v) is 4.72. The summed E-state index contributed by atoms with van der Waals surface area (Å²) >= 11 is 5.33. The number of nitrogens with zero attached hydrogens (tertiary/aromatic N) is 1. The van der Waals surface area contributed by atoms with Crippen molar-refractivity contribution in [3.05, 3.63) is 28.8 Å². The van der Waals surface area contributed by atoms with Gasteiger partial charge in [-0.25, -0.2) is 13.2 Å². The molecule has 16 heavy (non-hydrogen) atoms. The van der Waals surface area contributed by atoms with Crippen LogP contribution in [0.1, 0.15) is 23.2 Å². The summed E-state index contributed by atoms with van der Waals surface area (Å²) in [5.74, 6) is -2.92. The molecule has 0 atom stereocenters. The third-order valence-electron chi connectivity index (χ3n) is 1.89. The lowest BCUT2D eigenvalue weighted by Gasteiger charge is -2.09. The highest BCUT2D eigenvalue weighted by Crippen LogP contribution is 2.27. The molecule has 3 nitrogen and oxygen atoms in total. The zero-order valence-corrected chi connectivity index (χ0v) is 8.64. The van der Waals surface area contributed by atoms with E-state index in [1.165, 1.54) is 0 Å². The van der Waals surface area contributed by atoms with Crippen LogP contribution in [0.4, 0.5) is 13.2 Å². The van der Waals surface area contributed by atoms with E-state index in [9.17, 15) is 18.0 Å². The first-order chi connectivity index (χ1) is 7.47. The van der Waals surface area contributed by atoms with Gasteiger partial charge in [0.2, 0.25) is 0 Å². The predicted octanol–water partition coefficient (Wildman–Crippen LogP) is 2.52. The second-order valence-electron chi connectivity index (χ2n) is 2.96. The summed E-state index contributed by atoms with van der Waals surface area (Å²) < 4.78 is 38.5. The molecule has 1 N–H and O–H groups in total. The van der Waals surface area contributed by atoms with E-state index >= 15 is 0 Å². The maximum atomic E-state index is 13.5. The summed E-state index contributed by atoms with van der Waals surface area (Å²) in [6.07, 6.45) is -2.86. The van der Waals surface area contributed by atoms with Crippen molar-refractivity contribution >= 4 is 17.6 Å². The fourth-order valence-corrected chi connectivity index (χ4v) is 1.41. The van der Waals surface area contributed by atoms with Gasteiger partial charge in [-0.3, -0.25) is 9.78 Å². The summed E-state index contributed by atoms with van der Waals surface area (Å²) in [5, 5.41) is 8.44. The summed E-state index contributed by atoms with van der Waals surface area (Å²) in [7, 11) is 0. The number of halogens is 4.